The van der Waals surface area contributed by atoms with Crippen LogP contribution < -0.4 is 0 Å². The van der Waals surface area contributed by atoms with Crippen molar-refractivity contribution in [1.82, 2.24) is 0 Å². The Balaban J connectivity index is 2.12. The third kappa shape index (κ3) is 2.56. The molecule has 1 aliphatic rings. The van der Waals surface area contributed by atoms with Gasteiger partial charge in [0.1, 0.15) is 9.43 Å². The summed E-state index contributed by atoms with van der Waals surface area (Å²) in [4.78, 5) is 0. The molecule has 1 aliphatic heterocycles. The summed E-state index contributed by atoms with van der Waals surface area (Å²) in [6, 6.07) is 9.55. The minimum Gasteiger partial charge on any atom is -0.504 e. The normalized spacial score (nSPS) is 24.0. The number of benzene rings is 2. The minimum atomic E-state index is -0.779. The van der Waals surface area contributed by atoms with E-state index in [2.05, 4.69) is 22.6 Å². The molecule has 2 unspecified atom stereocenters. The monoisotopic (exact) mass is 414 g/mol. The number of alkyl halides is 1. The number of hydrogen-bond donors (Lipinski definition) is 2. The number of rotatable bonds is 2. The van der Waals surface area contributed by atoms with E-state index in [0.717, 1.165) is 12.0 Å². The highest BCUT2D eigenvalue weighted by atomic mass is 127. The molecule has 0 bridgehead atoms. The number of hydrogen-bond acceptors (Lipinski definition) is 3. The molecular formula is C17H16FIO3. The van der Waals surface area contributed by atoms with Crippen molar-refractivity contribution in [2.75, 3.05) is 0 Å². The number of halogens is 2. The predicted octanol–water partition coefficient (Wildman–Crippen LogP) is 4.55. The molecule has 1 heterocycles. The summed E-state index contributed by atoms with van der Waals surface area (Å²) >= 11 is 2.15. The molecular weight excluding hydrogens is 398 g/mol. The van der Waals surface area contributed by atoms with Crippen molar-refractivity contribution in [2.24, 2.45) is 0 Å². The maximum Gasteiger partial charge on any atom is 0.161 e. The Morgan fingerprint density at radius 3 is 2.77 bits per heavy atom. The molecule has 22 heavy (non-hydrogen) atoms. The molecule has 0 aromatic heterocycles. The van der Waals surface area contributed by atoms with E-state index in [1.165, 1.54) is 18.2 Å². The number of ether oxygens (including phenoxy) is 1. The Labute approximate surface area is 141 Å². The highest BCUT2D eigenvalue weighted by Crippen LogP contribution is 2.50. The zero-order chi connectivity index (χ0) is 15.9. The van der Waals surface area contributed by atoms with Crippen LogP contribution in [0.2, 0.25) is 0 Å². The van der Waals surface area contributed by atoms with Crippen molar-refractivity contribution < 1.29 is 19.3 Å². The van der Waals surface area contributed by atoms with Crippen LogP contribution in [0.1, 0.15) is 36.1 Å². The first-order valence-electron chi connectivity index (χ1n) is 7.11. The lowest BCUT2D eigenvalue weighted by Gasteiger charge is -2.39. The molecule has 5 heteroatoms. The first kappa shape index (κ1) is 15.6. The summed E-state index contributed by atoms with van der Waals surface area (Å²) in [5.74, 6) is -0.582. The maximum absolute atomic E-state index is 13.6. The average Bonchev–Trinajstić information content (AvgIpc) is 2.51. The van der Waals surface area contributed by atoms with E-state index in [9.17, 15) is 14.6 Å². The highest BCUT2D eigenvalue weighted by Gasteiger charge is 2.40. The van der Waals surface area contributed by atoms with Crippen LogP contribution in [-0.4, -0.2) is 10.2 Å². The summed E-state index contributed by atoms with van der Waals surface area (Å²) in [5, 5.41) is 20.0. The van der Waals surface area contributed by atoms with Gasteiger partial charge in [-0.25, -0.2) is 4.39 Å². The molecule has 2 atom stereocenters. The van der Waals surface area contributed by atoms with Crippen molar-refractivity contribution in [3.8, 4) is 11.5 Å². The summed E-state index contributed by atoms with van der Waals surface area (Å²) < 4.78 is 19.0. The van der Waals surface area contributed by atoms with Gasteiger partial charge < -0.3 is 14.9 Å². The third-order valence-corrected chi connectivity index (χ3v) is 5.26. The molecule has 2 aromatic rings. The van der Waals surface area contributed by atoms with Crippen LogP contribution in [0.15, 0.2) is 36.4 Å². The van der Waals surface area contributed by atoms with E-state index in [1.54, 1.807) is 12.1 Å². The van der Waals surface area contributed by atoms with Crippen LogP contribution in [0.4, 0.5) is 4.39 Å². The second kappa shape index (κ2) is 5.70. The lowest BCUT2D eigenvalue weighted by atomic mass is 9.89. The Morgan fingerprint density at radius 1 is 1.32 bits per heavy atom. The molecule has 116 valence electrons. The molecule has 0 amide bonds. The third-order valence-electron chi connectivity index (χ3n) is 4.00. The number of phenols is 2. The number of aromatic hydroxyl groups is 2. The molecule has 0 saturated heterocycles. The van der Waals surface area contributed by atoms with E-state index >= 15 is 0 Å². The molecule has 0 aliphatic carbocycles. The van der Waals surface area contributed by atoms with Gasteiger partial charge >= 0.3 is 0 Å². The van der Waals surface area contributed by atoms with Gasteiger partial charge in [0.2, 0.25) is 0 Å². The molecule has 0 radical (unpaired) electrons. The Hall–Kier alpha value is -1.34. The standard InChI is InChI=1S/C17H16FIO3/c1-2-15-12-6-7-14(20)16(21)13(12)9-17(19,22-15)10-4-3-5-11(18)8-10/h3-8,15,20-21H,2,9H2,1H3. The number of fused-ring (bicyclic) bond motifs is 1. The minimum absolute atomic E-state index is 0.114. The van der Waals surface area contributed by atoms with Gasteiger partial charge in [-0.3, -0.25) is 0 Å². The van der Waals surface area contributed by atoms with Gasteiger partial charge in [0.25, 0.3) is 0 Å². The molecule has 3 rings (SSSR count). The molecule has 2 aromatic carbocycles. The summed E-state index contributed by atoms with van der Waals surface area (Å²) in [7, 11) is 0. The number of phenolic OH excluding ortho intramolecular Hbond substituents is 2. The predicted molar refractivity (Wildman–Crippen MR) is 89.7 cm³/mol. The molecule has 0 spiro atoms. The van der Waals surface area contributed by atoms with Crippen molar-refractivity contribution in [1.29, 1.82) is 0 Å². The van der Waals surface area contributed by atoms with Crippen molar-refractivity contribution >= 4 is 22.6 Å². The van der Waals surface area contributed by atoms with Gasteiger partial charge in [-0.1, -0.05) is 25.1 Å². The Kier molecular flexibility index (Phi) is 4.03. The summed E-state index contributed by atoms with van der Waals surface area (Å²) in [5.41, 5.74) is 2.25. The average molecular weight is 414 g/mol. The fraction of sp³-hybridized carbons (Fsp3) is 0.294. The zero-order valence-electron chi connectivity index (χ0n) is 12.0. The fourth-order valence-corrected chi connectivity index (χ4v) is 3.90. The van der Waals surface area contributed by atoms with Crippen molar-refractivity contribution in [3.05, 3.63) is 58.9 Å². The fourth-order valence-electron chi connectivity index (χ4n) is 2.88. The largest absolute Gasteiger partial charge is 0.504 e. The van der Waals surface area contributed by atoms with Crippen LogP contribution in [-0.2, 0) is 14.8 Å². The van der Waals surface area contributed by atoms with Gasteiger partial charge in [-0.05, 0) is 58.3 Å². The second-order valence-corrected chi connectivity index (χ2v) is 7.17. The first-order valence-corrected chi connectivity index (χ1v) is 8.19. The SMILES string of the molecule is CCC1OC(I)(c2cccc(F)c2)Cc2c1ccc(O)c2O. The smallest absolute Gasteiger partial charge is 0.161 e. The maximum atomic E-state index is 13.6. The molecule has 0 fully saturated rings. The lowest BCUT2D eigenvalue weighted by Crippen LogP contribution is -2.32. The molecule has 3 nitrogen and oxygen atoms in total. The lowest BCUT2D eigenvalue weighted by molar-refractivity contribution is -0.0430. The van der Waals surface area contributed by atoms with Crippen LogP contribution in [0.5, 0.6) is 11.5 Å². The van der Waals surface area contributed by atoms with Gasteiger partial charge in [0.15, 0.2) is 11.5 Å². The molecule has 0 saturated carbocycles. The second-order valence-electron chi connectivity index (χ2n) is 5.43. The van der Waals surface area contributed by atoms with Crippen LogP contribution in [0.3, 0.4) is 0 Å². The summed E-state index contributed by atoms with van der Waals surface area (Å²) in [6.45, 7) is 1.99. The van der Waals surface area contributed by atoms with Crippen LogP contribution >= 0.6 is 22.6 Å². The van der Waals surface area contributed by atoms with E-state index in [4.69, 9.17) is 4.74 Å². The first-order chi connectivity index (χ1) is 10.4. The Bertz CT molecular complexity index is 719. The zero-order valence-corrected chi connectivity index (χ0v) is 14.2. The van der Waals surface area contributed by atoms with Gasteiger partial charge in [-0.15, -0.1) is 0 Å². The van der Waals surface area contributed by atoms with Gasteiger partial charge in [-0.2, -0.15) is 0 Å². The van der Waals surface area contributed by atoms with E-state index in [-0.39, 0.29) is 23.4 Å². The van der Waals surface area contributed by atoms with Crippen LogP contribution in [0.25, 0.3) is 0 Å². The molecule has 2 N–H and O–H groups in total. The highest BCUT2D eigenvalue weighted by molar-refractivity contribution is 14.1. The van der Waals surface area contributed by atoms with Crippen molar-refractivity contribution in [3.63, 3.8) is 0 Å². The Morgan fingerprint density at radius 2 is 2.09 bits per heavy atom. The van der Waals surface area contributed by atoms with Gasteiger partial charge in [0.05, 0.1) is 6.10 Å². The quantitative estimate of drug-likeness (QED) is 0.431. The summed E-state index contributed by atoms with van der Waals surface area (Å²) in [6.07, 6.45) is 0.871. The van der Waals surface area contributed by atoms with Crippen molar-refractivity contribution in [2.45, 2.75) is 29.5 Å². The topological polar surface area (TPSA) is 49.7 Å². The van der Waals surface area contributed by atoms with E-state index in [0.29, 0.717) is 17.5 Å². The van der Waals surface area contributed by atoms with E-state index < -0.39 is 3.61 Å². The van der Waals surface area contributed by atoms with Gasteiger partial charge in [0, 0.05) is 12.0 Å². The van der Waals surface area contributed by atoms with E-state index in [1.807, 2.05) is 13.0 Å². The van der Waals surface area contributed by atoms with Crippen LogP contribution in [0, 0.1) is 5.82 Å².